The molecule has 1 unspecified atom stereocenters. The first-order valence-corrected chi connectivity index (χ1v) is 5.31. The van der Waals surface area contributed by atoms with Gasteiger partial charge < -0.3 is 0 Å². The van der Waals surface area contributed by atoms with Gasteiger partial charge in [0, 0.05) is 12.6 Å². The van der Waals surface area contributed by atoms with E-state index in [0.29, 0.717) is 12.2 Å². The van der Waals surface area contributed by atoms with Crippen molar-refractivity contribution in [1.82, 2.24) is 30.6 Å². The van der Waals surface area contributed by atoms with E-state index in [-0.39, 0.29) is 6.04 Å². The third-order valence-corrected chi connectivity index (χ3v) is 2.52. The Labute approximate surface area is 99.0 Å². The second-order valence-electron chi connectivity index (χ2n) is 3.82. The van der Waals surface area contributed by atoms with E-state index in [1.54, 1.807) is 13.2 Å². The molecule has 17 heavy (non-hydrogen) atoms. The molecule has 2 heterocycles. The minimum Gasteiger partial charge on any atom is -0.271 e. The topological polar surface area (TPSA) is 94.5 Å². The van der Waals surface area contributed by atoms with Gasteiger partial charge in [-0.15, -0.1) is 10.2 Å². The van der Waals surface area contributed by atoms with E-state index in [2.05, 4.69) is 25.8 Å². The third kappa shape index (κ3) is 2.63. The lowest BCUT2D eigenvalue weighted by Crippen LogP contribution is -2.31. The van der Waals surface area contributed by atoms with Crippen LogP contribution in [0.25, 0.3) is 0 Å². The zero-order chi connectivity index (χ0) is 12.3. The van der Waals surface area contributed by atoms with Gasteiger partial charge in [0.1, 0.15) is 0 Å². The fourth-order valence-electron chi connectivity index (χ4n) is 1.68. The maximum Gasteiger partial charge on any atom is 0.176 e. The number of hydrogen-bond donors (Lipinski definition) is 2. The van der Waals surface area contributed by atoms with Crippen LogP contribution in [0.1, 0.15) is 23.1 Å². The van der Waals surface area contributed by atoms with Gasteiger partial charge in [-0.2, -0.15) is 4.80 Å². The van der Waals surface area contributed by atoms with Crippen molar-refractivity contribution in [2.45, 2.75) is 19.4 Å². The van der Waals surface area contributed by atoms with Crippen molar-refractivity contribution in [2.75, 3.05) is 0 Å². The van der Waals surface area contributed by atoms with Crippen molar-refractivity contribution in [3.8, 4) is 0 Å². The minimum atomic E-state index is -0.111. The fourth-order valence-corrected chi connectivity index (χ4v) is 1.68. The minimum absolute atomic E-state index is 0.111. The highest BCUT2D eigenvalue weighted by atomic mass is 15.6. The van der Waals surface area contributed by atoms with E-state index >= 15 is 0 Å². The molecule has 0 aromatic carbocycles. The number of rotatable bonds is 4. The van der Waals surface area contributed by atoms with Crippen molar-refractivity contribution >= 4 is 0 Å². The van der Waals surface area contributed by atoms with Crippen LogP contribution in [0.15, 0.2) is 18.3 Å². The average molecular weight is 233 g/mol. The number of tetrazole rings is 1. The number of pyridine rings is 1. The highest BCUT2D eigenvalue weighted by molar-refractivity contribution is 5.21. The van der Waals surface area contributed by atoms with Gasteiger partial charge in [-0.05, 0) is 23.8 Å². The zero-order valence-electron chi connectivity index (χ0n) is 9.83. The highest BCUT2D eigenvalue weighted by Gasteiger charge is 2.16. The molecule has 7 nitrogen and oxygen atoms in total. The molecule has 2 aromatic heterocycles. The van der Waals surface area contributed by atoms with Crippen molar-refractivity contribution in [1.29, 1.82) is 0 Å². The van der Waals surface area contributed by atoms with Crippen LogP contribution in [0, 0.1) is 6.92 Å². The van der Waals surface area contributed by atoms with Crippen LogP contribution in [0.3, 0.4) is 0 Å². The molecule has 0 radical (unpaired) electrons. The Morgan fingerprint density at radius 3 is 2.94 bits per heavy atom. The molecule has 0 bridgehead atoms. The monoisotopic (exact) mass is 233 g/mol. The molecule has 0 saturated heterocycles. The standard InChI is InChI=1S/C10H15N7/c1-7-4-3-5-12-10(7)8(13-11)6-9-14-16-17(2)15-9/h3-5,8,13H,6,11H2,1-2H3. The molecule has 90 valence electrons. The summed E-state index contributed by atoms with van der Waals surface area (Å²) in [5, 5.41) is 11.8. The number of hydrazine groups is 1. The van der Waals surface area contributed by atoms with Crippen LogP contribution >= 0.6 is 0 Å². The Kier molecular flexibility index (Phi) is 3.40. The maximum absolute atomic E-state index is 5.56. The van der Waals surface area contributed by atoms with Crippen LogP contribution < -0.4 is 11.3 Å². The number of aryl methyl sites for hydroxylation is 2. The molecular formula is C10H15N7. The largest absolute Gasteiger partial charge is 0.271 e. The summed E-state index contributed by atoms with van der Waals surface area (Å²) in [5.41, 5.74) is 4.73. The van der Waals surface area contributed by atoms with Gasteiger partial charge in [-0.25, -0.2) is 0 Å². The van der Waals surface area contributed by atoms with Crippen LogP contribution in [0.2, 0.25) is 0 Å². The number of nitrogens with zero attached hydrogens (tertiary/aromatic N) is 5. The molecule has 1 atom stereocenters. The molecule has 0 spiro atoms. The summed E-state index contributed by atoms with van der Waals surface area (Å²) in [4.78, 5) is 5.75. The first kappa shape index (κ1) is 11.6. The number of nitrogens with one attached hydrogen (secondary N) is 1. The van der Waals surface area contributed by atoms with E-state index in [0.717, 1.165) is 11.3 Å². The van der Waals surface area contributed by atoms with Gasteiger partial charge in [0.2, 0.25) is 0 Å². The van der Waals surface area contributed by atoms with Crippen molar-refractivity contribution < 1.29 is 0 Å². The number of hydrogen-bond acceptors (Lipinski definition) is 6. The Morgan fingerprint density at radius 2 is 2.35 bits per heavy atom. The molecule has 3 N–H and O–H groups in total. The number of aromatic nitrogens is 5. The lowest BCUT2D eigenvalue weighted by atomic mass is 10.1. The smallest absolute Gasteiger partial charge is 0.176 e. The van der Waals surface area contributed by atoms with Gasteiger partial charge in [0.05, 0.1) is 18.8 Å². The number of nitrogens with two attached hydrogens (primary N) is 1. The Balaban J connectivity index is 2.20. The summed E-state index contributed by atoms with van der Waals surface area (Å²) in [6.45, 7) is 2.00. The quantitative estimate of drug-likeness (QED) is 0.554. The first-order valence-electron chi connectivity index (χ1n) is 5.31. The molecule has 0 aliphatic rings. The molecule has 0 aliphatic carbocycles. The Hall–Kier alpha value is -1.86. The molecule has 0 saturated carbocycles. The Bertz CT molecular complexity index is 493. The van der Waals surface area contributed by atoms with Crippen molar-refractivity contribution in [2.24, 2.45) is 12.9 Å². The summed E-state index contributed by atoms with van der Waals surface area (Å²) in [5.74, 6) is 6.19. The zero-order valence-corrected chi connectivity index (χ0v) is 9.83. The summed E-state index contributed by atoms with van der Waals surface area (Å²) in [7, 11) is 1.73. The summed E-state index contributed by atoms with van der Waals surface area (Å²) < 4.78 is 0. The Morgan fingerprint density at radius 1 is 1.53 bits per heavy atom. The van der Waals surface area contributed by atoms with Crippen LogP contribution in [0.4, 0.5) is 0 Å². The molecule has 0 fully saturated rings. The van der Waals surface area contributed by atoms with Crippen LogP contribution in [0.5, 0.6) is 0 Å². The third-order valence-electron chi connectivity index (χ3n) is 2.52. The summed E-state index contributed by atoms with van der Waals surface area (Å²) in [6, 6.07) is 3.78. The predicted molar refractivity (Wildman–Crippen MR) is 61.5 cm³/mol. The van der Waals surface area contributed by atoms with E-state index in [9.17, 15) is 0 Å². The van der Waals surface area contributed by atoms with Crippen LogP contribution in [-0.2, 0) is 13.5 Å². The fraction of sp³-hybridized carbons (Fsp3) is 0.400. The predicted octanol–water partition coefficient (Wildman–Crippen LogP) is -0.339. The van der Waals surface area contributed by atoms with Gasteiger partial charge >= 0.3 is 0 Å². The average Bonchev–Trinajstić information content (AvgIpc) is 2.73. The molecule has 2 rings (SSSR count). The normalized spacial score (nSPS) is 12.6. The van der Waals surface area contributed by atoms with Gasteiger partial charge in [-0.3, -0.25) is 16.3 Å². The maximum atomic E-state index is 5.56. The van der Waals surface area contributed by atoms with Gasteiger partial charge in [0.15, 0.2) is 5.82 Å². The highest BCUT2D eigenvalue weighted by Crippen LogP contribution is 2.16. The van der Waals surface area contributed by atoms with Crippen molar-refractivity contribution in [3.05, 3.63) is 35.4 Å². The van der Waals surface area contributed by atoms with E-state index in [4.69, 9.17) is 5.84 Å². The second-order valence-corrected chi connectivity index (χ2v) is 3.82. The first-order chi connectivity index (χ1) is 8.20. The lowest BCUT2D eigenvalue weighted by Gasteiger charge is -2.15. The van der Waals surface area contributed by atoms with E-state index < -0.39 is 0 Å². The van der Waals surface area contributed by atoms with E-state index in [1.807, 2.05) is 19.1 Å². The molecular weight excluding hydrogens is 218 g/mol. The summed E-state index contributed by atoms with van der Waals surface area (Å²) >= 11 is 0. The summed E-state index contributed by atoms with van der Waals surface area (Å²) in [6.07, 6.45) is 2.30. The van der Waals surface area contributed by atoms with Crippen molar-refractivity contribution in [3.63, 3.8) is 0 Å². The van der Waals surface area contributed by atoms with E-state index in [1.165, 1.54) is 4.80 Å². The van der Waals surface area contributed by atoms with Gasteiger partial charge in [0.25, 0.3) is 0 Å². The lowest BCUT2D eigenvalue weighted by molar-refractivity contribution is 0.521. The molecule has 0 amide bonds. The SMILES string of the molecule is Cc1cccnc1C(Cc1nnn(C)n1)NN. The van der Waals surface area contributed by atoms with Gasteiger partial charge in [-0.1, -0.05) is 6.07 Å². The second kappa shape index (κ2) is 4.98. The molecule has 0 aliphatic heterocycles. The molecule has 2 aromatic rings. The van der Waals surface area contributed by atoms with Crippen LogP contribution in [-0.4, -0.2) is 25.2 Å². The molecule has 7 heteroatoms.